The van der Waals surface area contributed by atoms with E-state index in [0.29, 0.717) is 55.4 Å². The lowest BCUT2D eigenvalue weighted by molar-refractivity contribution is -0.139. The molecule has 1 aliphatic heterocycles. The number of fused-ring (bicyclic) bond motifs is 2. The predicted molar refractivity (Wildman–Crippen MR) is 171 cm³/mol. The van der Waals surface area contributed by atoms with Crippen molar-refractivity contribution in [2.24, 2.45) is 4.99 Å². The van der Waals surface area contributed by atoms with Gasteiger partial charge in [0.1, 0.15) is 23.3 Å². The van der Waals surface area contributed by atoms with E-state index >= 15 is 0 Å². The number of rotatable bonds is 9. The molecule has 1 aliphatic rings. The van der Waals surface area contributed by atoms with E-state index in [1.807, 2.05) is 43.3 Å². The molecule has 0 saturated carbocycles. The van der Waals surface area contributed by atoms with Gasteiger partial charge in [0, 0.05) is 17.2 Å². The molecular weight excluding hydrogens is 592 g/mol. The van der Waals surface area contributed by atoms with Gasteiger partial charge in [0.15, 0.2) is 4.80 Å². The third kappa shape index (κ3) is 5.49. The number of carboxylic acids is 1. The van der Waals surface area contributed by atoms with Crippen LogP contribution in [0, 0.1) is 0 Å². The van der Waals surface area contributed by atoms with Crippen LogP contribution in [-0.4, -0.2) is 35.3 Å². The summed E-state index contributed by atoms with van der Waals surface area (Å²) in [7, 11) is 1.57. The summed E-state index contributed by atoms with van der Waals surface area (Å²) in [4.78, 5) is 44.7. The number of methoxy groups -OCH3 is 1. The minimum atomic E-state index is -1.04. The minimum Gasteiger partial charge on any atom is -0.496 e. The smallest absolute Gasteiger partial charge is 0.338 e. The summed E-state index contributed by atoms with van der Waals surface area (Å²) in [5, 5.41) is 11.2. The SMILES string of the molecule is CCCC1=C(C(=O)OCC)C(c2c(OC)ccc3ccccc23)n2c(sc(=Cc3ccc(-c4cccc(C(=O)O)c4)o3)c2=O)=N1. The molecule has 5 aromatic rings. The molecule has 0 fully saturated rings. The van der Waals surface area contributed by atoms with Crippen LogP contribution in [-0.2, 0) is 9.53 Å². The molecule has 1 unspecified atom stereocenters. The lowest BCUT2D eigenvalue weighted by Gasteiger charge is -2.28. The van der Waals surface area contributed by atoms with Gasteiger partial charge in [0.05, 0.1) is 35.1 Å². The molecule has 45 heavy (non-hydrogen) atoms. The Kier molecular flexibility index (Phi) is 8.23. The summed E-state index contributed by atoms with van der Waals surface area (Å²) in [5.74, 6) is -0.156. The van der Waals surface area contributed by atoms with Crippen molar-refractivity contribution in [2.75, 3.05) is 13.7 Å². The van der Waals surface area contributed by atoms with Gasteiger partial charge < -0.3 is 19.0 Å². The lowest BCUT2D eigenvalue weighted by atomic mass is 9.90. The first-order valence-electron chi connectivity index (χ1n) is 14.6. The quantitative estimate of drug-likeness (QED) is 0.210. The fourth-order valence-corrected chi connectivity index (χ4v) is 6.65. The Morgan fingerprint density at radius 3 is 2.64 bits per heavy atom. The Morgan fingerprint density at radius 1 is 1.07 bits per heavy atom. The Labute approximate surface area is 262 Å². The molecule has 2 aromatic heterocycles. The average molecular weight is 623 g/mol. The highest BCUT2D eigenvalue weighted by molar-refractivity contribution is 7.07. The molecular formula is C35H30N2O7S. The Balaban J connectivity index is 1.58. The fourth-order valence-electron chi connectivity index (χ4n) is 5.65. The normalized spacial score (nSPS) is 14.7. The van der Waals surface area contributed by atoms with Gasteiger partial charge in [0.25, 0.3) is 5.56 Å². The number of nitrogens with zero attached hydrogens (tertiary/aromatic N) is 2. The standard InChI is InChI=1S/C35H30N2O7S/c1-4-9-25-30(34(41)43-5-2)31(29-24-13-7-6-10-20(24)14-16-27(29)42-3)37-32(38)28(45-35(37)36-25)19-23-15-17-26(44-23)21-11-8-12-22(18-21)33(39)40/h6-8,10-19,31H,4-5,9H2,1-3H3,(H,39,40). The molecule has 10 heteroatoms. The average Bonchev–Trinajstić information content (AvgIpc) is 3.64. The molecule has 3 heterocycles. The molecule has 1 N–H and O–H groups in total. The molecule has 9 nitrogen and oxygen atoms in total. The van der Waals surface area contributed by atoms with Gasteiger partial charge in [-0.2, -0.15) is 0 Å². The number of aromatic nitrogens is 1. The van der Waals surface area contributed by atoms with Gasteiger partial charge in [0.2, 0.25) is 0 Å². The molecule has 0 amide bonds. The van der Waals surface area contributed by atoms with Crippen LogP contribution >= 0.6 is 11.3 Å². The van der Waals surface area contributed by atoms with Crippen LogP contribution < -0.4 is 19.6 Å². The van der Waals surface area contributed by atoms with Crippen LogP contribution in [0.1, 0.15) is 54.4 Å². The summed E-state index contributed by atoms with van der Waals surface area (Å²) < 4.78 is 19.3. The third-order valence-electron chi connectivity index (χ3n) is 7.61. The first kappa shape index (κ1) is 29.8. The summed E-state index contributed by atoms with van der Waals surface area (Å²) in [6.45, 7) is 3.92. The van der Waals surface area contributed by atoms with E-state index in [1.165, 1.54) is 23.5 Å². The molecule has 3 aromatic carbocycles. The largest absolute Gasteiger partial charge is 0.496 e. The maximum absolute atomic E-state index is 14.3. The lowest BCUT2D eigenvalue weighted by Crippen LogP contribution is -2.40. The van der Waals surface area contributed by atoms with E-state index in [2.05, 4.69) is 0 Å². The highest BCUT2D eigenvalue weighted by Gasteiger charge is 2.37. The summed E-state index contributed by atoms with van der Waals surface area (Å²) in [5.41, 5.74) is 1.95. The summed E-state index contributed by atoms with van der Waals surface area (Å²) in [6.07, 6.45) is 2.88. The number of aromatic carboxylic acids is 1. The Bertz CT molecular complexity index is 2170. The van der Waals surface area contributed by atoms with Gasteiger partial charge in [-0.1, -0.05) is 67.1 Å². The molecule has 0 aliphatic carbocycles. The first-order valence-corrected chi connectivity index (χ1v) is 15.4. The number of thiazole rings is 1. The van der Waals surface area contributed by atoms with Crippen molar-refractivity contribution in [1.29, 1.82) is 0 Å². The number of carboxylic acid groups (broad SMARTS) is 1. The second-order valence-electron chi connectivity index (χ2n) is 10.4. The van der Waals surface area contributed by atoms with E-state index in [4.69, 9.17) is 18.9 Å². The van der Waals surface area contributed by atoms with Crippen LogP contribution in [0.4, 0.5) is 0 Å². The van der Waals surface area contributed by atoms with Gasteiger partial charge in [-0.05, 0) is 54.4 Å². The number of esters is 1. The van der Waals surface area contributed by atoms with Crippen molar-refractivity contribution >= 4 is 40.1 Å². The zero-order valence-corrected chi connectivity index (χ0v) is 25.7. The molecule has 0 radical (unpaired) electrons. The number of carbonyl (C=O) groups excluding carboxylic acids is 1. The minimum absolute atomic E-state index is 0.142. The number of carbonyl (C=O) groups is 2. The second kappa shape index (κ2) is 12.4. The zero-order chi connectivity index (χ0) is 31.7. The molecule has 1 atom stereocenters. The van der Waals surface area contributed by atoms with Gasteiger partial charge in [-0.3, -0.25) is 9.36 Å². The fraction of sp³-hybridized carbons (Fsp3) is 0.200. The van der Waals surface area contributed by atoms with Gasteiger partial charge in [-0.25, -0.2) is 14.6 Å². The van der Waals surface area contributed by atoms with E-state index in [9.17, 15) is 19.5 Å². The van der Waals surface area contributed by atoms with Crippen LogP contribution in [0.15, 0.2) is 98.3 Å². The Morgan fingerprint density at radius 2 is 1.89 bits per heavy atom. The second-order valence-corrected chi connectivity index (χ2v) is 11.4. The third-order valence-corrected chi connectivity index (χ3v) is 8.59. The monoisotopic (exact) mass is 622 g/mol. The van der Waals surface area contributed by atoms with Crippen LogP contribution in [0.3, 0.4) is 0 Å². The predicted octanol–water partition coefficient (Wildman–Crippen LogP) is 5.70. The zero-order valence-electron chi connectivity index (χ0n) is 24.9. The highest BCUT2D eigenvalue weighted by atomic mass is 32.1. The maximum Gasteiger partial charge on any atom is 0.338 e. The van der Waals surface area contributed by atoms with Crippen molar-refractivity contribution in [3.05, 3.63) is 121 Å². The van der Waals surface area contributed by atoms with E-state index < -0.39 is 18.0 Å². The summed E-state index contributed by atoms with van der Waals surface area (Å²) >= 11 is 1.21. The molecule has 0 spiro atoms. The number of benzene rings is 3. The first-order chi connectivity index (χ1) is 21.8. The number of ether oxygens (including phenoxy) is 2. The summed E-state index contributed by atoms with van der Waals surface area (Å²) in [6, 6.07) is 20.6. The van der Waals surface area contributed by atoms with Crippen molar-refractivity contribution in [2.45, 2.75) is 32.7 Å². The molecule has 228 valence electrons. The van der Waals surface area contributed by atoms with Crippen molar-refractivity contribution in [3.8, 4) is 17.1 Å². The van der Waals surface area contributed by atoms with Crippen LogP contribution in [0.5, 0.6) is 5.75 Å². The van der Waals surface area contributed by atoms with E-state index in [1.54, 1.807) is 48.9 Å². The van der Waals surface area contributed by atoms with Gasteiger partial charge in [-0.15, -0.1) is 0 Å². The molecule has 6 rings (SSSR count). The molecule has 0 saturated heterocycles. The van der Waals surface area contributed by atoms with Crippen molar-refractivity contribution in [3.63, 3.8) is 0 Å². The Hall–Kier alpha value is -5.22. The highest BCUT2D eigenvalue weighted by Crippen LogP contribution is 2.41. The van der Waals surface area contributed by atoms with Crippen molar-refractivity contribution < 1.29 is 28.6 Å². The van der Waals surface area contributed by atoms with Crippen molar-refractivity contribution in [1.82, 2.24) is 4.57 Å². The van der Waals surface area contributed by atoms with E-state index in [-0.39, 0.29) is 17.7 Å². The maximum atomic E-state index is 14.3. The van der Waals surface area contributed by atoms with Crippen LogP contribution in [0.25, 0.3) is 28.2 Å². The van der Waals surface area contributed by atoms with E-state index in [0.717, 1.165) is 17.2 Å². The number of furan rings is 1. The number of hydrogen-bond donors (Lipinski definition) is 1. The number of hydrogen-bond acceptors (Lipinski definition) is 8. The van der Waals surface area contributed by atoms with Crippen LogP contribution in [0.2, 0.25) is 0 Å². The molecule has 0 bridgehead atoms. The number of allylic oxidation sites excluding steroid dienone is 1. The van der Waals surface area contributed by atoms with Gasteiger partial charge >= 0.3 is 11.9 Å². The topological polar surface area (TPSA) is 120 Å².